The first kappa shape index (κ1) is 49.9. The van der Waals surface area contributed by atoms with Gasteiger partial charge in [-0.3, -0.25) is 19.4 Å². The zero-order chi connectivity index (χ0) is 47.4. The molecular formula is C51H68ClN7O5S3. The maximum atomic E-state index is 14.3. The van der Waals surface area contributed by atoms with E-state index in [1.165, 1.54) is 36.0 Å². The molecule has 1 atom stereocenters. The normalized spacial score (nSPS) is 19.8. The summed E-state index contributed by atoms with van der Waals surface area (Å²) in [6, 6.07) is 23.2. The van der Waals surface area contributed by atoms with Gasteiger partial charge in [0.1, 0.15) is 12.1 Å². The standard InChI is InChI=1S/C51H68ClN7O5S3/c1-50(2,3)66(60,61)48-31-43(15-16-46(48)55-40(18-23-57-27-29-64-30-28-57)35-65-42-9-7-6-8-10-42)67(62,63)56-49-44-21-26-59(34-47(44)53-36-54-49)41-19-24-58(25-20-41)33-38-17-22-51(4,5)32-45(38)37-11-13-39(52)14-12-37/h6-16,31,36,40-41,55H,17-30,32-35H2,1-5H3,(H,53,54,56). The second kappa shape index (κ2) is 21.2. The van der Waals surface area contributed by atoms with Gasteiger partial charge in [-0.25, -0.2) is 26.8 Å². The lowest BCUT2D eigenvalue weighted by molar-refractivity contribution is 0.0370. The van der Waals surface area contributed by atoms with Gasteiger partial charge in [0.2, 0.25) is 0 Å². The van der Waals surface area contributed by atoms with E-state index < -0.39 is 24.6 Å². The van der Waals surface area contributed by atoms with Crippen LogP contribution < -0.4 is 10.0 Å². The van der Waals surface area contributed by atoms with Crippen LogP contribution >= 0.6 is 23.4 Å². The molecule has 1 aromatic heterocycles. The Kier molecular flexibility index (Phi) is 15.8. The van der Waals surface area contributed by atoms with Crippen molar-refractivity contribution in [3.8, 4) is 0 Å². The zero-order valence-corrected chi connectivity index (χ0v) is 43.0. The molecule has 3 aliphatic heterocycles. The van der Waals surface area contributed by atoms with E-state index in [1.54, 1.807) is 44.2 Å². The lowest BCUT2D eigenvalue weighted by atomic mass is 9.72. The van der Waals surface area contributed by atoms with Crippen LogP contribution in [0.5, 0.6) is 0 Å². The average Bonchev–Trinajstić information content (AvgIpc) is 3.31. The van der Waals surface area contributed by atoms with Crippen LogP contribution in [0.2, 0.25) is 5.02 Å². The van der Waals surface area contributed by atoms with E-state index in [2.05, 4.69) is 72.8 Å². The number of halogens is 1. The molecule has 4 aromatic rings. The van der Waals surface area contributed by atoms with Crippen molar-refractivity contribution in [2.75, 3.05) is 74.8 Å². The van der Waals surface area contributed by atoms with Crippen LogP contribution in [0.3, 0.4) is 0 Å². The molecule has 1 unspecified atom stereocenters. The van der Waals surface area contributed by atoms with Crippen molar-refractivity contribution in [2.24, 2.45) is 5.41 Å². The predicted molar refractivity (Wildman–Crippen MR) is 272 cm³/mol. The van der Waals surface area contributed by atoms with Crippen molar-refractivity contribution in [1.82, 2.24) is 24.7 Å². The van der Waals surface area contributed by atoms with Gasteiger partial charge in [0.25, 0.3) is 10.0 Å². The van der Waals surface area contributed by atoms with Gasteiger partial charge in [-0.05, 0) is 138 Å². The van der Waals surface area contributed by atoms with E-state index in [-0.39, 0.29) is 27.1 Å². The number of hydrogen-bond donors (Lipinski definition) is 2. The number of nitrogens with one attached hydrogen (secondary N) is 2. The third kappa shape index (κ3) is 12.4. The molecule has 0 spiro atoms. The Morgan fingerprint density at radius 2 is 1.63 bits per heavy atom. The molecule has 2 N–H and O–H groups in total. The highest BCUT2D eigenvalue weighted by molar-refractivity contribution is 7.99. The SMILES string of the molecule is CC1(C)CCC(CN2CCC(N3CCc4c(ncnc4NS(=O)(=O)c4ccc(NC(CCN5CCOCC5)CSc5ccccc5)c(S(=O)(=O)C(C)(C)C)c4)C3)CC2)=C(c2ccc(Cl)cc2)C1. The van der Waals surface area contributed by atoms with Gasteiger partial charge in [0, 0.05) is 72.6 Å². The highest BCUT2D eigenvalue weighted by Gasteiger charge is 2.36. The predicted octanol–water partition coefficient (Wildman–Crippen LogP) is 9.28. The minimum Gasteiger partial charge on any atom is -0.380 e. The van der Waals surface area contributed by atoms with Crippen LogP contribution in [0.25, 0.3) is 5.57 Å². The highest BCUT2D eigenvalue weighted by atomic mass is 35.5. The van der Waals surface area contributed by atoms with Gasteiger partial charge in [-0.1, -0.05) is 61.4 Å². The van der Waals surface area contributed by atoms with Gasteiger partial charge in [0.05, 0.1) is 39.1 Å². The van der Waals surface area contributed by atoms with E-state index in [1.807, 2.05) is 30.3 Å². The van der Waals surface area contributed by atoms with Crippen LogP contribution in [0.15, 0.2) is 99.4 Å². The van der Waals surface area contributed by atoms with Crippen LogP contribution in [0, 0.1) is 5.41 Å². The number of allylic oxidation sites excluding steroid dienone is 1. The summed E-state index contributed by atoms with van der Waals surface area (Å²) in [4.78, 5) is 17.5. The second-order valence-corrected chi connectivity index (χ2v) is 26.3. The van der Waals surface area contributed by atoms with Gasteiger partial charge in [-0.2, -0.15) is 0 Å². The molecule has 67 heavy (non-hydrogen) atoms. The lowest BCUT2D eigenvalue weighted by Crippen LogP contribution is -2.47. The molecule has 3 aromatic carbocycles. The Labute approximate surface area is 408 Å². The molecule has 4 aliphatic rings. The molecule has 0 amide bonds. The summed E-state index contributed by atoms with van der Waals surface area (Å²) in [5, 5.41) is 4.33. The Balaban J connectivity index is 0.950. The van der Waals surface area contributed by atoms with Gasteiger partial charge in [-0.15, -0.1) is 11.8 Å². The summed E-state index contributed by atoms with van der Waals surface area (Å²) in [5.41, 5.74) is 6.57. The Bertz CT molecular complexity index is 2590. The third-order valence-electron chi connectivity index (χ3n) is 13.9. The summed E-state index contributed by atoms with van der Waals surface area (Å²) in [5.74, 6) is 0.924. The molecule has 0 radical (unpaired) electrons. The fourth-order valence-electron chi connectivity index (χ4n) is 9.77. The zero-order valence-electron chi connectivity index (χ0n) is 39.8. The first-order chi connectivity index (χ1) is 31.9. The summed E-state index contributed by atoms with van der Waals surface area (Å²) in [6.45, 7) is 18.0. The average molecular weight is 991 g/mol. The number of nitrogens with zero attached hydrogens (tertiary/aromatic N) is 5. The monoisotopic (exact) mass is 989 g/mol. The van der Waals surface area contributed by atoms with E-state index in [0.717, 1.165) is 99.1 Å². The number of piperidine rings is 1. The number of rotatable bonds is 16. The third-order valence-corrected chi connectivity index (χ3v) is 19.2. The quantitative estimate of drug-likeness (QED) is 0.104. The Morgan fingerprint density at radius 1 is 0.896 bits per heavy atom. The second-order valence-electron chi connectivity index (χ2n) is 20.4. The first-order valence-electron chi connectivity index (χ1n) is 23.9. The number of sulfone groups is 1. The molecule has 8 rings (SSSR count). The summed E-state index contributed by atoms with van der Waals surface area (Å²) in [6.07, 6.45) is 8.27. The summed E-state index contributed by atoms with van der Waals surface area (Å²) >= 11 is 7.97. The maximum Gasteiger partial charge on any atom is 0.263 e. The molecule has 0 bridgehead atoms. The van der Waals surface area contributed by atoms with Crippen molar-refractivity contribution < 1.29 is 21.6 Å². The molecule has 362 valence electrons. The van der Waals surface area contributed by atoms with Crippen molar-refractivity contribution in [1.29, 1.82) is 0 Å². The number of fused-ring (bicyclic) bond motifs is 1. The molecule has 0 saturated carbocycles. The molecule has 4 heterocycles. The van der Waals surface area contributed by atoms with Crippen LogP contribution in [-0.2, 0) is 37.6 Å². The minimum atomic E-state index is -4.26. The minimum absolute atomic E-state index is 0.0447. The number of sulfonamides is 1. The van der Waals surface area contributed by atoms with Crippen molar-refractivity contribution in [3.63, 3.8) is 0 Å². The van der Waals surface area contributed by atoms with Crippen LogP contribution in [0.1, 0.15) is 90.0 Å². The first-order valence-corrected chi connectivity index (χ1v) is 28.2. The molecule has 2 saturated heterocycles. The fourth-order valence-corrected chi connectivity index (χ4v) is 13.4. The number of benzene rings is 3. The number of ether oxygens (including phenoxy) is 1. The number of likely N-dealkylation sites (tertiary alicyclic amines) is 1. The van der Waals surface area contributed by atoms with E-state index >= 15 is 0 Å². The summed E-state index contributed by atoms with van der Waals surface area (Å²) < 4.78 is 64.3. The maximum absolute atomic E-state index is 14.3. The number of morpholine rings is 1. The smallest absolute Gasteiger partial charge is 0.263 e. The van der Waals surface area contributed by atoms with Gasteiger partial charge >= 0.3 is 0 Å². The largest absolute Gasteiger partial charge is 0.380 e. The van der Waals surface area contributed by atoms with Crippen LogP contribution in [-0.4, -0.2) is 123 Å². The van der Waals surface area contributed by atoms with Gasteiger partial charge < -0.3 is 10.1 Å². The highest BCUT2D eigenvalue weighted by Crippen LogP contribution is 2.44. The molecular weight excluding hydrogens is 922 g/mol. The lowest BCUT2D eigenvalue weighted by Gasteiger charge is -2.41. The van der Waals surface area contributed by atoms with E-state index in [4.69, 9.17) is 16.3 Å². The number of anilines is 2. The van der Waals surface area contributed by atoms with E-state index in [0.29, 0.717) is 43.7 Å². The Morgan fingerprint density at radius 3 is 2.34 bits per heavy atom. The molecule has 12 nitrogen and oxygen atoms in total. The molecule has 1 aliphatic carbocycles. The Hall–Kier alpha value is -3.54. The van der Waals surface area contributed by atoms with Crippen molar-refractivity contribution >= 4 is 60.3 Å². The molecule has 16 heteroatoms. The van der Waals surface area contributed by atoms with E-state index in [9.17, 15) is 16.8 Å². The number of thioether (sulfide) groups is 1. The number of aromatic nitrogens is 2. The van der Waals surface area contributed by atoms with Crippen molar-refractivity contribution in [3.05, 3.63) is 107 Å². The summed E-state index contributed by atoms with van der Waals surface area (Å²) in [7, 11) is -8.26. The fraction of sp³-hybridized carbons (Fsp3) is 0.529. The van der Waals surface area contributed by atoms with Crippen molar-refractivity contribution in [2.45, 2.75) is 118 Å². The van der Waals surface area contributed by atoms with Crippen LogP contribution in [0.4, 0.5) is 11.5 Å². The topological polar surface area (TPSA) is 137 Å². The van der Waals surface area contributed by atoms with Gasteiger partial charge in [0.15, 0.2) is 9.84 Å². The molecule has 2 fully saturated rings. The number of hydrogen-bond acceptors (Lipinski definition) is 12.